The maximum absolute atomic E-state index is 12.7. The Hall–Kier alpha value is -1.26. The minimum atomic E-state index is -0.851. The number of carboxylic acid groups (broad SMARTS) is 1. The quantitative estimate of drug-likeness (QED) is 0.808. The fourth-order valence-electron chi connectivity index (χ4n) is 4.37. The Labute approximate surface area is 126 Å². The van der Waals surface area contributed by atoms with Gasteiger partial charge < -0.3 is 14.9 Å². The first kappa shape index (κ1) is 14.7. The molecule has 0 aromatic carbocycles. The third kappa shape index (κ3) is 3.01. The number of likely N-dealkylation sites (tertiary alicyclic amines) is 2. The molecule has 3 rings (SSSR count). The summed E-state index contributed by atoms with van der Waals surface area (Å²) in [6, 6.07) is -0.651. The molecule has 2 saturated heterocycles. The number of hydrogen-bond acceptors (Lipinski definition) is 2. The number of rotatable bonds is 1. The highest BCUT2D eigenvalue weighted by Crippen LogP contribution is 2.36. The monoisotopic (exact) mass is 294 g/mol. The van der Waals surface area contributed by atoms with E-state index in [9.17, 15) is 14.7 Å². The van der Waals surface area contributed by atoms with Gasteiger partial charge in [0.2, 0.25) is 0 Å². The summed E-state index contributed by atoms with van der Waals surface area (Å²) < 4.78 is 0. The van der Waals surface area contributed by atoms with Crippen LogP contribution in [0.1, 0.15) is 51.4 Å². The van der Waals surface area contributed by atoms with E-state index in [2.05, 4.69) is 0 Å². The molecule has 3 aliphatic rings. The van der Waals surface area contributed by atoms with Crippen molar-refractivity contribution >= 4 is 12.0 Å². The summed E-state index contributed by atoms with van der Waals surface area (Å²) in [6.07, 6.45) is 8.70. The lowest BCUT2D eigenvalue weighted by molar-refractivity contribution is -0.143. The van der Waals surface area contributed by atoms with Crippen LogP contribution in [0.15, 0.2) is 0 Å². The van der Waals surface area contributed by atoms with Gasteiger partial charge >= 0.3 is 12.0 Å². The van der Waals surface area contributed by atoms with Crippen LogP contribution >= 0.6 is 0 Å². The molecule has 5 nitrogen and oxygen atoms in total. The van der Waals surface area contributed by atoms with Gasteiger partial charge in [0.05, 0.1) is 0 Å². The number of carbonyl (C=O) groups is 2. The molecule has 118 valence electrons. The fourth-order valence-corrected chi connectivity index (χ4v) is 4.37. The van der Waals surface area contributed by atoms with Crippen molar-refractivity contribution in [3.05, 3.63) is 0 Å². The van der Waals surface area contributed by atoms with E-state index in [1.807, 2.05) is 4.90 Å². The van der Waals surface area contributed by atoms with E-state index in [1.54, 1.807) is 4.90 Å². The predicted octanol–water partition coefficient (Wildman–Crippen LogP) is 2.56. The van der Waals surface area contributed by atoms with Crippen molar-refractivity contribution in [2.24, 2.45) is 11.8 Å². The number of aliphatic carboxylic acids is 1. The normalized spacial score (nSPS) is 33.4. The zero-order valence-electron chi connectivity index (χ0n) is 12.7. The van der Waals surface area contributed by atoms with E-state index in [-0.39, 0.29) is 6.03 Å². The van der Waals surface area contributed by atoms with Crippen LogP contribution in [-0.2, 0) is 4.79 Å². The SMILES string of the molecule is O=C(O)C1CCCCN1C(=O)N1CCC2CCCCC2C1. The van der Waals surface area contributed by atoms with Gasteiger partial charge in [-0.15, -0.1) is 0 Å². The second-order valence-electron chi connectivity index (χ2n) is 6.87. The first-order valence-corrected chi connectivity index (χ1v) is 8.45. The molecular weight excluding hydrogens is 268 g/mol. The number of carboxylic acids is 1. The maximum atomic E-state index is 12.7. The largest absolute Gasteiger partial charge is 0.480 e. The second kappa shape index (κ2) is 6.24. The van der Waals surface area contributed by atoms with Gasteiger partial charge in [-0.2, -0.15) is 0 Å². The molecule has 3 atom stereocenters. The van der Waals surface area contributed by atoms with Crippen LogP contribution in [0.5, 0.6) is 0 Å². The van der Waals surface area contributed by atoms with E-state index >= 15 is 0 Å². The third-order valence-electron chi connectivity index (χ3n) is 5.60. The average Bonchev–Trinajstić information content (AvgIpc) is 2.53. The molecular formula is C16H26N2O3. The molecule has 2 heterocycles. The number of piperidine rings is 2. The minimum absolute atomic E-state index is 0.0360. The minimum Gasteiger partial charge on any atom is -0.480 e. The van der Waals surface area contributed by atoms with Gasteiger partial charge in [-0.25, -0.2) is 9.59 Å². The van der Waals surface area contributed by atoms with Crippen LogP contribution in [0, 0.1) is 11.8 Å². The summed E-state index contributed by atoms with van der Waals surface area (Å²) in [6.45, 7) is 2.25. The fraction of sp³-hybridized carbons (Fsp3) is 0.875. The molecule has 5 heteroatoms. The molecule has 3 unspecified atom stereocenters. The van der Waals surface area contributed by atoms with Crippen molar-refractivity contribution in [2.45, 2.75) is 57.4 Å². The van der Waals surface area contributed by atoms with Crippen molar-refractivity contribution in [3.63, 3.8) is 0 Å². The van der Waals surface area contributed by atoms with Gasteiger partial charge in [-0.3, -0.25) is 0 Å². The molecule has 1 aliphatic carbocycles. The number of amides is 2. The van der Waals surface area contributed by atoms with Gasteiger partial charge in [0, 0.05) is 19.6 Å². The van der Waals surface area contributed by atoms with Crippen LogP contribution in [0.3, 0.4) is 0 Å². The number of fused-ring (bicyclic) bond motifs is 1. The Morgan fingerprint density at radius 3 is 2.33 bits per heavy atom. The van der Waals surface area contributed by atoms with E-state index in [4.69, 9.17) is 0 Å². The lowest BCUT2D eigenvalue weighted by Gasteiger charge is -2.44. The number of carbonyl (C=O) groups excluding carboxylic acids is 1. The van der Waals surface area contributed by atoms with Crippen LogP contribution < -0.4 is 0 Å². The molecule has 1 N–H and O–H groups in total. The summed E-state index contributed by atoms with van der Waals surface area (Å²) in [7, 11) is 0. The Kier molecular flexibility index (Phi) is 4.36. The van der Waals surface area contributed by atoms with Crippen molar-refractivity contribution in [3.8, 4) is 0 Å². The molecule has 2 amide bonds. The summed E-state index contributed by atoms with van der Waals surface area (Å²) in [4.78, 5) is 27.6. The number of hydrogen-bond donors (Lipinski definition) is 1. The average molecular weight is 294 g/mol. The summed E-state index contributed by atoms with van der Waals surface area (Å²) >= 11 is 0. The van der Waals surface area contributed by atoms with Crippen LogP contribution in [0.2, 0.25) is 0 Å². The smallest absolute Gasteiger partial charge is 0.326 e. The Morgan fingerprint density at radius 2 is 1.57 bits per heavy atom. The van der Waals surface area contributed by atoms with E-state index in [0.717, 1.165) is 38.3 Å². The highest BCUT2D eigenvalue weighted by molar-refractivity contribution is 5.83. The third-order valence-corrected chi connectivity index (χ3v) is 5.60. The van der Waals surface area contributed by atoms with Crippen LogP contribution in [0.25, 0.3) is 0 Å². The zero-order chi connectivity index (χ0) is 14.8. The summed E-state index contributed by atoms with van der Waals surface area (Å²) in [5.41, 5.74) is 0. The van der Waals surface area contributed by atoms with Crippen LogP contribution in [0.4, 0.5) is 4.79 Å². The van der Waals surface area contributed by atoms with Gasteiger partial charge in [-0.1, -0.05) is 19.3 Å². The van der Waals surface area contributed by atoms with Gasteiger partial charge in [0.1, 0.15) is 6.04 Å². The number of nitrogens with zero attached hydrogens (tertiary/aromatic N) is 2. The van der Waals surface area contributed by atoms with Crippen molar-refractivity contribution in [2.75, 3.05) is 19.6 Å². The Balaban J connectivity index is 1.65. The van der Waals surface area contributed by atoms with Gasteiger partial charge in [-0.05, 0) is 43.9 Å². The second-order valence-corrected chi connectivity index (χ2v) is 6.87. The molecule has 21 heavy (non-hydrogen) atoms. The first-order valence-electron chi connectivity index (χ1n) is 8.45. The topological polar surface area (TPSA) is 60.9 Å². The molecule has 3 fully saturated rings. The lowest BCUT2D eigenvalue weighted by atomic mass is 9.75. The highest BCUT2D eigenvalue weighted by Gasteiger charge is 2.38. The lowest BCUT2D eigenvalue weighted by Crippen LogP contribution is -2.56. The van der Waals surface area contributed by atoms with E-state index in [0.29, 0.717) is 18.9 Å². The van der Waals surface area contributed by atoms with E-state index in [1.165, 1.54) is 25.7 Å². The molecule has 2 aliphatic heterocycles. The van der Waals surface area contributed by atoms with Crippen molar-refractivity contribution < 1.29 is 14.7 Å². The number of urea groups is 1. The first-order chi connectivity index (χ1) is 10.2. The van der Waals surface area contributed by atoms with Gasteiger partial charge in [0.25, 0.3) is 0 Å². The highest BCUT2D eigenvalue weighted by atomic mass is 16.4. The molecule has 0 aromatic heterocycles. The standard InChI is InChI=1S/C16H26N2O3/c19-15(20)14-7-3-4-9-18(14)16(21)17-10-8-12-5-1-2-6-13(12)11-17/h12-14H,1-11H2,(H,19,20). The molecule has 0 radical (unpaired) electrons. The summed E-state index contributed by atoms with van der Waals surface area (Å²) in [5, 5.41) is 9.33. The van der Waals surface area contributed by atoms with Crippen molar-refractivity contribution in [1.29, 1.82) is 0 Å². The van der Waals surface area contributed by atoms with Crippen LogP contribution in [-0.4, -0.2) is 52.6 Å². The predicted molar refractivity (Wildman–Crippen MR) is 79.0 cm³/mol. The maximum Gasteiger partial charge on any atom is 0.326 e. The summed E-state index contributed by atoms with van der Waals surface area (Å²) in [5.74, 6) is 0.583. The zero-order valence-corrected chi connectivity index (χ0v) is 12.7. The molecule has 0 bridgehead atoms. The van der Waals surface area contributed by atoms with E-state index < -0.39 is 12.0 Å². The Bertz CT molecular complexity index is 412. The molecule has 0 aromatic rings. The van der Waals surface area contributed by atoms with Crippen molar-refractivity contribution in [1.82, 2.24) is 9.80 Å². The molecule has 1 saturated carbocycles. The Morgan fingerprint density at radius 1 is 0.857 bits per heavy atom. The molecule has 0 spiro atoms. The van der Waals surface area contributed by atoms with Gasteiger partial charge in [0.15, 0.2) is 0 Å².